The average molecular weight is 323 g/mol. The Morgan fingerprint density at radius 3 is 2.77 bits per heavy atom. The Kier molecular flexibility index (Phi) is 5.86. The molecule has 22 heavy (non-hydrogen) atoms. The Hall–Kier alpha value is -1.98. The van der Waals surface area contributed by atoms with Crippen molar-refractivity contribution in [3.63, 3.8) is 0 Å². The number of rotatable bonds is 4. The molecule has 0 spiro atoms. The van der Waals surface area contributed by atoms with E-state index < -0.39 is 0 Å². The van der Waals surface area contributed by atoms with Gasteiger partial charge >= 0.3 is 0 Å². The van der Waals surface area contributed by atoms with Gasteiger partial charge in [0.05, 0.1) is 0 Å². The highest BCUT2D eigenvalue weighted by Gasteiger charge is 2.18. The van der Waals surface area contributed by atoms with Crippen LogP contribution in [-0.2, 0) is 0 Å². The minimum absolute atomic E-state index is 0. The Morgan fingerprint density at radius 1 is 1.23 bits per heavy atom. The van der Waals surface area contributed by atoms with Gasteiger partial charge in [-0.05, 0) is 37.6 Å². The molecule has 1 saturated heterocycles. The molecule has 1 amide bonds. The number of piperidine rings is 1. The number of para-hydroxylation sites is 1. The molecule has 1 aromatic carbocycles. The summed E-state index contributed by atoms with van der Waals surface area (Å²) in [6, 6.07) is 12.8. The van der Waals surface area contributed by atoms with Crippen molar-refractivity contribution in [3.8, 4) is 11.7 Å². The van der Waals surface area contributed by atoms with Crippen LogP contribution in [0, 0.1) is 0 Å². The lowest BCUT2D eigenvalue weighted by Crippen LogP contribution is -2.45. The fourth-order valence-electron chi connectivity index (χ4n) is 2.33. The number of nitrogens with one attached hydrogen (secondary N) is 2. The zero-order chi connectivity index (χ0) is 14.5. The number of ether oxygens (including phenoxy) is 1. The molecule has 0 bridgehead atoms. The number of halogens is 1. The van der Waals surface area contributed by atoms with E-state index in [2.05, 4.69) is 10.6 Å². The molecule has 1 unspecified atom stereocenters. The normalized spacial score (nSPS) is 17.4. The van der Waals surface area contributed by atoms with Crippen molar-refractivity contribution in [2.24, 2.45) is 0 Å². The summed E-state index contributed by atoms with van der Waals surface area (Å²) in [5.41, 5.74) is 0. The standard InChI is InChI=1S/C16H18N2O3.ClH/c19-16(18-12-5-4-10-17-11-12)14-8-9-15(21-14)20-13-6-2-1-3-7-13;/h1-3,6-9,12,17H,4-5,10-11H2,(H,18,19);1H. The maximum atomic E-state index is 12.1. The largest absolute Gasteiger partial charge is 0.426 e. The first-order chi connectivity index (χ1) is 10.3. The monoisotopic (exact) mass is 322 g/mol. The molecule has 2 N–H and O–H groups in total. The zero-order valence-electron chi connectivity index (χ0n) is 12.1. The average Bonchev–Trinajstić information content (AvgIpc) is 2.98. The van der Waals surface area contributed by atoms with Crippen LogP contribution in [0.5, 0.6) is 11.7 Å². The Morgan fingerprint density at radius 2 is 2.05 bits per heavy atom. The van der Waals surface area contributed by atoms with Gasteiger partial charge in [0.25, 0.3) is 11.9 Å². The van der Waals surface area contributed by atoms with Gasteiger partial charge in [-0.15, -0.1) is 12.4 Å². The summed E-state index contributed by atoms with van der Waals surface area (Å²) in [5, 5.41) is 6.22. The van der Waals surface area contributed by atoms with Crippen molar-refractivity contribution >= 4 is 18.3 Å². The molecular formula is C16H19ClN2O3. The van der Waals surface area contributed by atoms with Crippen molar-refractivity contribution in [1.29, 1.82) is 0 Å². The molecule has 3 rings (SSSR count). The Bertz CT molecular complexity index is 594. The molecule has 1 aromatic heterocycles. The van der Waals surface area contributed by atoms with Crippen LogP contribution >= 0.6 is 12.4 Å². The lowest BCUT2D eigenvalue weighted by Gasteiger charge is -2.23. The SMILES string of the molecule is Cl.O=C(NC1CCCNC1)c1ccc(Oc2ccccc2)o1. The van der Waals surface area contributed by atoms with Crippen LogP contribution in [0.4, 0.5) is 0 Å². The quantitative estimate of drug-likeness (QED) is 0.908. The molecule has 1 atom stereocenters. The minimum atomic E-state index is -0.202. The topological polar surface area (TPSA) is 63.5 Å². The third-order valence-electron chi connectivity index (χ3n) is 3.40. The van der Waals surface area contributed by atoms with Gasteiger partial charge in [0.1, 0.15) is 5.75 Å². The molecule has 6 heteroatoms. The van der Waals surface area contributed by atoms with Crippen LogP contribution in [0.15, 0.2) is 46.9 Å². The van der Waals surface area contributed by atoms with E-state index in [9.17, 15) is 4.79 Å². The maximum absolute atomic E-state index is 12.1. The number of benzene rings is 1. The number of furan rings is 1. The molecule has 2 aromatic rings. The van der Waals surface area contributed by atoms with Crippen molar-refractivity contribution < 1.29 is 13.9 Å². The van der Waals surface area contributed by atoms with Crippen LogP contribution in [0.1, 0.15) is 23.4 Å². The van der Waals surface area contributed by atoms with Gasteiger partial charge in [-0.1, -0.05) is 18.2 Å². The summed E-state index contributed by atoms with van der Waals surface area (Å²) in [4.78, 5) is 12.1. The summed E-state index contributed by atoms with van der Waals surface area (Å²) in [5.74, 6) is 1.06. The number of carbonyl (C=O) groups is 1. The molecule has 0 radical (unpaired) electrons. The molecular weight excluding hydrogens is 304 g/mol. The number of hydrogen-bond donors (Lipinski definition) is 2. The Labute approximate surface area is 135 Å². The molecule has 0 saturated carbocycles. The summed E-state index contributed by atoms with van der Waals surface area (Å²) >= 11 is 0. The summed E-state index contributed by atoms with van der Waals surface area (Å²) in [6.07, 6.45) is 2.07. The van der Waals surface area contributed by atoms with E-state index in [0.29, 0.717) is 11.7 Å². The van der Waals surface area contributed by atoms with E-state index >= 15 is 0 Å². The second kappa shape index (κ2) is 7.87. The van der Waals surface area contributed by atoms with Gasteiger partial charge in [-0.25, -0.2) is 0 Å². The second-order valence-corrected chi connectivity index (χ2v) is 5.05. The minimum Gasteiger partial charge on any atom is -0.426 e. The zero-order valence-corrected chi connectivity index (χ0v) is 12.9. The highest BCUT2D eigenvalue weighted by molar-refractivity contribution is 5.91. The third-order valence-corrected chi connectivity index (χ3v) is 3.40. The van der Waals surface area contributed by atoms with Gasteiger partial charge in [-0.2, -0.15) is 0 Å². The molecule has 5 nitrogen and oxygen atoms in total. The fourth-order valence-corrected chi connectivity index (χ4v) is 2.33. The number of carbonyl (C=O) groups excluding carboxylic acids is 1. The van der Waals surface area contributed by atoms with Crippen LogP contribution < -0.4 is 15.4 Å². The first-order valence-corrected chi connectivity index (χ1v) is 7.15. The van der Waals surface area contributed by atoms with Gasteiger partial charge in [0.2, 0.25) is 0 Å². The first kappa shape index (κ1) is 16.4. The van der Waals surface area contributed by atoms with Crippen molar-refractivity contribution in [2.75, 3.05) is 13.1 Å². The summed E-state index contributed by atoms with van der Waals surface area (Å²) in [6.45, 7) is 1.82. The van der Waals surface area contributed by atoms with Crippen LogP contribution in [-0.4, -0.2) is 25.0 Å². The van der Waals surface area contributed by atoms with Crippen molar-refractivity contribution in [2.45, 2.75) is 18.9 Å². The predicted molar refractivity (Wildman–Crippen MR) is 85.8 cm³/mol. The Balaban J connectivity index is 0.00000176. The van der Waals surface area contributed by atoms with E-state index in [0.717, 1.165) is 25.9 Å². The van der Waals surface area contributed by atoms with Gasteiger partial charge < -0.3 is 19.8 Å². The third kappa shape index (κ3) is 4.26. The highest BCUT2D eigenvalue weighted by atomic mass is 35.5. The predicted octanol–water partition coefficient (Wildman–Crippen LogP) is 2.98. The summed E-state index contributed by atoms with van der Waals surface area (Å²) in [7, 11) is 0. The molecule has 0 aliphatic carbocycles. The van der Waals surface area contributed by atoms with E-state index in [-0.39, 0.29) is 30.1 Å². The molecule has 118 valence electrons. The highest BCUT2D eigenvalue weighted by Crippen LogP contribution is 2.23. The van der Waals surface area contributed by atoms with E-state index in [1.807, 2.05) is 30.3 Å². The van der Waals surface area contributed by atoms with Gasteiger partial charge in [0.15, 0.2) is 5.76 Å². The van der Waals surface area contributed by atoms with Crippen molar-refractivity contribution in [1.82, 2.24) is 10.6 Å². The lowest BCUT2D eigenvalue weighted by atomic mass is 10.1. The maximum Gasteiger partial charge on any atom is 0.290 e. The van der Waals surface area contributed by atoms with Crippen molar-refractivity contribution in [3.05, 3.63) is 48.2 Å². The molecule has 1 aliphatic rings. The molecule has 1 fully saturated rings. The second-order valence-electron chi connectivity index (χ2n) is 5.05. The number of amides is 1. The van der Waals surface area contributed by atoms with E-state index in [1.165, 1.54) is 0 Å². The van der Waals surface area contributed by atoms with Crippen LogP contribution in [0.25, 0.3) is 0 Å². The van der Waals surface area contributed by atoms with E-state index in [4.69, 9.17) is 9.15 Å². The molecule has 2 heterocycles. The number of hydrogen-bond acceptors (Lipinski definition) is 4. The summed E-state index contributed by atoms with van der Waals surface area (Å²) < 4.78 is 11.0. The smallest absolute Gasteiger partial charge is 0.290 e. The molecule has 1 aliphatic heterocycles. The van der Waals surface area contributed by atoms with Gasteiger partial charge in [-0.3, -0.25) is 4.79 Å². The van der Waals surface area contributed by atoms with Crippen LogP contribution in [0.3, 0.4) is 0 Å². The van der Waals surface area contributed by atoms with E-state index in [1.54, 1.807) is 12.1 Å². The lowest BCUT2D eigenvalue weighted by molar-refractivity contribution is 0.0897. The van der Waals surface area contributed by atoms with Crippen LogP contribution in [0.2, 0.25) is 0 Å². The first-order valence-electron chi connectivity index (χ1n) is 7.15. The fraction of sp³-hybridized carbons (Fsp3) is 0.312. The van der Waals surface area contributed by atoms with Gasteiger partial charge in [0, 0.05) is 18.7 Å².